The summed E-state index contributed by atoms with van der Waals surface area (Å²) in [6, 6.07) is 0. The number of hydrogen-bond donors (Lipinski definition) is 2. The van der Waals surface area contributed by atoms with Gasteiger partial charge in [-0.15, -0.1) is 0 Å². The van der Waals surface area contributed by atoms with Gasteiger partial charge < -0.3 is 15.6 Å². The van der Waals surface area contributed by atoms with Crippen LogP contribution in [-0.2, 0) is 14.6 Å². The summed E-state index contributed by atoms with van der Waals surface area (Å²) >= 11 is 0. The molecule has 1 saturated carbocycles. The number of hydrogen-bond acceptors (Lipinski definition) is 5. The summed E-state index contributed by atoms with van der Waals surface area (Å²) < 4.78 is 28.2. The van der Waals surface area contributed by atoms with Crippen molar-refractivity contribution in [2.24, 2.45) is 11.1 Å². The average Bonchev–Trinajstić information content (AvgIpc) is 2.51. The highest BCUT2D eigenvalue weighted by Gasteiger charge is 2.60. The van der Waals surface area contributed by atoms with Crippen molar-refractivity contribution < 1.29 is 18.3 Å². The molecular formula is C10H19NO4S. The smallest absolute Gasteiger partial charge is 0.151 e. The Hall–Kier alpha value is -0.170. The van der Waals surface area contributed by atoms with Crippen LogP contribution in [0.1, 0.15) is 19.3 Å². The van der Waals surface area contributed by atoms with Gasteiger partial charge in [0.25, 0.3) is 0 Å². The van der Waals surface area contributed by atoms with Crippen LogP contribution in [0.2, 0.25) is 0 Å². The molecule has 3 N–H and O–H groups in total. The molecule has 0 bridgehead atoms. The van der Waals surface area contributed by atoms with Crippen molar-refractivity contribution in [1.82, 2.24) is 0 Å². The van der Waals surface area contributed by atoms with Crippen LogP contribution >= 0.6 is 0 Å². The highest BCUT2D eigenvalue weighted by molar-refractivity contribution is 7.91. The van der Waals surface area contributed by atoms with Crippen LogP contribution in [0.3, 0.4) is 0 Å². The molecule has 0 aromatic heterocycles. The van der Waals surface area contributed by atoms with Crippen molar-refractivity contribution in [2.45, 2.75) is 31.0 Å². The highest BCUT2D eigenvalue weighted by atomic mass is 32.2. The molecule has 0 aromatic carbocycles. The SMILES string of the molecule is COC1CC(O)(C2(CN)CCS(=O)(=O)C2)C1. The van der Waals surface area contributed by atoms with Crippen molar-refractivity contribution in [3.8, 4) is 0 Å². The van der Waals surface area contributed by atoms with E-state index in [1.165, 1.54) is 0 Å². The Morgan fingerprint density at radius 2 is 2.12 bits per heavy atom. The third kappa shape index (κ3) is 1.68. The van der Waals surface area contributed by atoms with Crippen LogP contribution in [0, 0.1) is 5.41 Å². The number of sulfone groups is 1. The van der Waals surface area contributed by atoms with Gasteiger partial charge in [0.15, 0.2) is 9.84 Å². The molecule has 0 amide bonds. The molecule has 0 aromatic rings. The van der Waals surface area contributed by atoms with Crippen molar-refractivity contribution in [3.63, 3.8) is 0 Å². The molecule has 1 aliphatic carbocycles. The molecule has 6 heteroatoms. The third-order valence-corrected chi connectivity index (χ3v) is 6.05. The number of ether oxygens (including phenoxy) is 1. The zero-order chi connectivity index (χ0) is 12.0. The first-order valence-electron chi connectivity index (χ1n) is 5.52. The molecule has 0 spiro atoms. The Balaban J connectivity index is 2.18. The normalized spacial score (nSPS) is 46.6. The second-order valence-electron chi connectivity index (χ2n) is 5.12. The summed E-state index contributed by atoms with van der Waals surface area (Å²) in [6.45, 7) is 0.221. The van der Waals surface area contributed by atoms with Gasteiger partial charge in [0.2, 0.25) is 0 Å². The molecule has 2 rings (SSSR count). The third-order valence-electron chi connectivity index (χ3n) is 4.23. The van der Waals surface area contributed by atoms with Crippen LogP contribution in [-0.4, -0.2) is 50.4 Å². The summed E-state index contributed by atoms with van der Waals surface area (Å²) in [5, 5.41) is 10.5. The van der Waals surface area contributed by atoms with Gasteiger partial charge >= 0.3 is 0 Å². The second kappa shape index (κ2) is 3.66. The van der Waals surface area contributed by atoms with Gasteiger partial charge in [-0.3, -0.25) is 0 Å². The van der Waals surface area contributed by atoms with Crippen LogP contribution in [0.25, 0.3) is 0 Å². The van der Waals surface area contributed by atoms with Gasteiger partial charge in [0.1, 0.15) is 0 Å². The van der Waals surface area contributed by atoms with E-state index in [9.17, 15) is 13.5 Å². The second-order valence-corrected chi connectivity index (χ2v) is 7.31. The number of methoxy groups -OCH3 is 1. The minimum absolute atomic E-state index is 0.0173. The quantitative estimate of drug-likeness (QED) is 0.689. The lowest BCUT2D eigenvalue weighted by atomic mass is 9.59. The van der Waals surface area contributed by atoms with Crippen LogP contribution in [0.4, 0.5) is 0 Å². The molecule has 1 saturated heterocycles. The zero-order valence-electron chi connectivity index (χ0n) is 9.48. The summed E-state index contributed by atoms with van der Waals surface area (Å²) in [7, 11) is -1.43. The van der Waals surface area contributed by atoms with Crippen LogP contribution in [0.15, 0.2) is 0 Å². The number of aliphatic hydroxyl groups is 1. The van der Waals surface area contributed by atoms with E-state index in [0.717, 1.165) is 0 Å². The number of rotatable bonds is 3. The molecule has 1 heterocycles. The first-order chi connectivity index (χ1) is 7.36. The van der Waals surface area contributed by atoms with Crippen molar-refractivity contribution in [3.05, 3.63) is 0 Å². The van der Waals surface area contributed by atoms with Gasteiger partial charge in [-0.25, -0.2) is 8.42 Å². The van der Waals surface area contributed by atoms with Crippen LogP contribution < -0.4 is 5.73 Å². The molecule has 1 unspecified atom stereocenters. The van der Waals surface area contributed by atoms with Gasteiger partial charge in [0.05, 0.1) is 23.2 Å². The average molecular weight is 249 g/mol. The van der Waals surface area contributed by atoms with Gasteiger partial charge in [0, 0.05) is 31.9 Å². The van der Waals surface area contributed by atoms with E-state index in [0.29, 0.717) is 19.3 Å². The first-order valence-corrected chi connectivity index (χ1v) is 7.34. The molecule has 1 atom stereocenters. The van der Waals surface area contributed by atoms with Crippen molar-refractivity contribution in [1.29, 1.82) is 0 Å². The summed E-state index contributed by atoms with van der Waals surface area (Å²) in [5.41, 5.74) is 4.10. The van der Waals surface area contributed by atoms with Crippen molar-refractivity contribution >= 4 is 9.84 Å². The zero-order valence-corrected chi connectivity index (χ0v) is 10.3. The Morgan fingerprint density at radius 3 is 2.50 bits per heavy atom. The van der Waals surface area contributed by atoms with Crippen LogP contribution in [0.5, 0.6) is 0 Å². The summed E-state index contributed by atoms with van der Waals surface area (Å²) in [6.07, 6.45) is 1.50. The van der Waals surface area contributed by atoms with E-state index in [4.69, 9.17) is 10.5 Å². The maximum atomic E-state index is 11.5. The van der Waals surface area contributed by atoms with E-state index < -0.39 is 20.9 Å². The van der Waals surface area contributed by atoms with E-state index in [-0.39, 0.29) is 24.2 Å². The van der Waals surface area contributed by atoms with Crippen molar-refractivity contribution in [2.75, 3.05) is 25.2 Å². The first kappa shape index (κ1) is 12.3. The predicted molar refractivity (Wildman–Crippen MR) is 59.7 cm³/mol. The lowest BCUT2D eigenvalue weighted by Gasteiger charge is -2.53. The number of nitrogens with two attached hydrogens (primary N) is 1. The van der Waals surface area contributed by atoms with E-state index in [1.807, 2.05) is 0 Å². The molecular weight excluding hydrogens is 230 g/mol. The molecule has 2 aliphatic rings. The van der Waals surface area contributed by atoms with Gasteiger partial charge in [-0.2, -0.15) is 0 Å². The Kier molecular flexibility index (Phi) is 2.81. The fraction of sp³-hybridized carbons (Fsp3) is 1.00. The Bertz CT molecular complexity index is 374. The maximum Gasteiger partial charge on any atom is 0.151 e. The molecule has 5 nitrogen and oxygen atoms in total. The topological polar surface area (TPSA) is 89.6 Å². The Labute approximate surface area is 95.9 Å². The summed E-state index contributed by atoms with van der Waals surface area (Å²) in [4.78, 5) is 0. The fourth-order valence-electron chi connectivity index (χ4n) is 2.93. The van der Waals surface area contributed by atoms with E-state index >= 15 is 0 Å². The molecule has 0 radical (unpaired) electrons. The van der Waals surface area contributed by atoms with Gasteiger partial charge in [-0.1, -0.05) is 0 Å². The maximum absolute atomic E-state index is 11.5. The standard InChI is InChI=1S/C10H19NO4S/c1-15-8-4-10(12,5-8)9(6-11)2-3-16(13,14)7-9/h8,12H,2-7,11H2,1H3. The minimum atomic E-state index is -3.03. The van der Waals surface area contributed by atoms with Gasteiger partial charge in [-0.05, 0) is 6.42 Å². The summed E-state index contributed by atoms with van der Waals surface area (Å²) in [5.74, 6) is 0.160. The monoisotopic (exact) mass is 249 g/mol. The largest absolute Gasteiger partial charge is 0.389 e. The van der Waals surface area contributed by atoms with E-state index in [2.05, 4.69) is 0 Å². The lowest BCUT2D eigenvalue weighted by molar-refractivity contribution is -0.187. The fourth-order valence-corrected chi connectivity index (χ4v) is 5.15. The molecule has 2 fully saturated rings. The Morgan fingerprint density at radius 1 is 1.50 bits per heavy atom. The highest BCUT2D eigenvalue weighted by Crippen LogP contribution is 2.52. The molecule has 16 heavy (non-hydrogen) atoms. The van der Waals surface area contributed by atoms with E-state index in [1.54, 1.807) is 7.11 Å². The minimum Gasteiger partial charge on any atom is -0.389 e. The molecule has 94 valence electrons. The lowest BCUT2D eigenvalue weighted by Crippen LogP contribution is -2.62. The predicted octanol–water partition coefficient (Wildman–Crippen LogP) is -0.710. The molecule has 1 aliphatic heterocycles.